The van der Waals surface area contributed by atoms with Crippen molar-refractivity contribution in [3.05, 3.63) is 50.6 Å². The quantitative estimate of drug-likeness (QED) is 0.0447. The van der Waals surface area contributed by atoms with E-state index in [1.165, 1.54) is 68.9 Å². The van der Waals surface area contributed by atoms with Crippen LogP contribution in [0.2, 0.25) is 0 Å². The predicted octanol–water partition coefficient (Wildman–Crippen LogP) is -23.2. The molecule has 4 aliphatic rings. The van der Waals surface area contributed by atoms with Crippen molar-refractivity contribution in [1.82, 2.24) is 78.1 Å². The summed E-state index contributed by atoms with van der Waals surface area (Å²) in [5.74, 6) is 0.872. The van der Waals surface area contributed by atoms with Gasteiger partial charge in [0.1, 0.15) is 121 Å². The number of hydrogen-bond acceptors (Lipinski definition) is 39. The minimum Gasteiger partial charge on any atom is -0.790 e. The molecule has 8 aromatic heterocycles. The molecule has 0 radical (unpaired) electrons. The summed E-state index contributed by atoms with van der Waals surface area (Å²) in [6, 6.07) is 0. The SMILES string of the molecule is Nc1ncnc2c1ncn2[C@@H]1O[C@H](CO)[C@@H](O)[C@H]1O.Nc1ncnc2c1ncn2[C@@H]1O[C@H](CO)[C@@H](O)[C@H]1O.Nc1ncnc2c1ncn2[C@@H]1O[C@H](CO)[C@@H](O)[C@H]1O.Nc1ncnc2c1ncn2[C@@H]1O[C@H](CO)[C@@H](O)[C@H]1O.O=P([O-])([O-])OP(=O)([O-])[O-].[Na+].[Na+].[Na+].[Na+]. The van der Waals surface area contributed by atoms with Gasteiger partial charge in [-0.1, -0.05) is 0 Å². The Kier molecular flexibility index (Phi) is 29.5. The van der Waals surface area contributed by atoms with Crippen LogP contribution in [0.5, 0.6) is 0 Å². The van der Waals surface area contributed by atoms with Gasteiger partial charge in [-0.25, -0.2) is 59.8 Å². The molecule has 4 saturated heterocycles. The number of nitrogens with two attached hydrogens (primary N) is 4. The molecule has 20 N–H and O–H groups in total. The van der Waals surface area contributed by atoms with Crippen molar-refractivity contribution in [2.24, 2.45) is 0 Å². The summed E-state index contributed by atoms with van der Waals surface area (Å²) >= 11 is 0. The average molecular weight is 1330 g/mol. The van der Waals surface area contributed by atoms with E-state index in [-0.39, 0.29) is 142 Å². The summed E-state index contributed by atoms with van der Waals surface area (Å²) in [4.78, 5) is 84.9. The second kappa shape index (κ2) is 33.4. The minimum absolute atomic E-state index is 0. The van der Waals surface area contributed by atoms with Gasteiger partial charge in [-0.2, -0.15) is 0 Å². The molecule has 12 heterocycles. The van der Waals surface area contributed by atoms with E-state index >= 15 is 0 Å². The Morgan fingerprint density at radius 3 is 0.708 bits per heavy atom. The normalized spacial score (nSPS) is 28.0. The van der Waals surface area contributed by atoms with Crippen molar-refractivity contribution >= 4 is 83.6 Å². The van der Waals surface area contributed by atoms with E-state index in [0.717, 1.165) is 0 Å². The van der Waals surface area contributed by atoms with Gasteiger partial charge in [0.25, 0.3) is 0 Å². The van der Waals surface area contributed by atoms with Gasteiger partial charge in [0, 0.05) is 0 Å². The number of fused-ring (bicyclic) bond motifs is 4. The molecular formula is C40H52N20Na4O23P2. The number of phosphoric acid groups is 2. The molecule has 16 atom stereocenters. The largest absolute Gasteiger partial charge is 1.00 e. The summed E-state index contributed by atoms with van der Waals surface area (Å²) in [6.07, 6.45) is -5.69. The van der Waals surface area contributed by atoms with Crippen LogP contribution in [0, 0.1) is 0 Å². The molecule has 4 fully saturated rings. The summed E-state index contributed by atoms with van der Waals surface area (Å²) in [5, 5.41) is 115. The Morgan fingerprint density at radius 1 is 0.371 bits per heavy atom. The molecule has 0 unspecified atom stereocenters. The summed E-state index contributed by atoms with van der Waals surface area (Å²) < 4.78 is 48.6. The molecule has 0 saturated carbocycles. The van der Waals surface area contributed by atoms with E-state index in [1.54, 1.807) is 0 Å². The number of rotatable bonds is 10. The Balaban J connectivity index is 0.000000239. The standard InChI is InChI=1S/4C10H13N5O4.4Na.H4O7P2/c4*11-8-5-9(13-2-12-8)15(3-14-5)10-7(18)6(17)4(1-16)19-10;;;;;1-8(2,3)7-9(4,5)6/h4*2-4,6-7,10,16-18H,1H2,(H2,11,12,13);;;;;(H2,1,2,3)(H2,4,5,6)/q;;;;4*+1;/p-4/t4*4-,6-,7-,10-;;;;;/m1111...../s1. The third kappa shape index (κ3) is 17.5. The molecule has 49 heteroatoms. The average Bonchev–Trinajstić information content (AvgIpc) is 4.58. The molecule has 0 spiro atoms. The van der Waals surface area contributed by atoms with Crippen molar-refractivity contribution < 1.29 is 231 Å². The van der Waals surface area contributed by atoms with Crippen molar-refractivity contribution in [2.75, 3.05) is 49.4 Å². The number of anilines is 4. The Bertz CT molecular complexity index is 3230. The zero-order chi connectivity index (χ0) is 62.0. The van der Waals surface area contributed by atoms with E-state index in [0.29, 0.717) is 44.7 Å². The van der Waals surface area contributed by atoms with Crippen molar-refractivity contribution in [2.45, 2.75) is 98.2 Å². The number of hydrogen-bond donors (Lipinski definition) is 16. The molecule has 12 rings (SSSR count). The first-order valence-electron chi connectivity index (χ1n) is 24.2. The number of aromatic nitrogens is 16. The first-order valence-corrected chi connectivity index (χ1v) is 27.1. The van der Waals surface area contributed by atoms with Gasteiger partial charge in [0.15, 0.2) is 70.8 Å². The van der Waals surface area contributed by atoms with E-state index in [4.69, 9.17) is 62.3 Å². The third-order valence-corrected chi connectivity index (χ3v) is 14.5. The van der Waals surface area contributed by atoms with Gasteiger partial charge in [-0.15, -0.1) is 0 Å². The maximum absolute atomic E-state index is 9.95. The first-order chi connectivity index (χ1) is 40.2. The monoisotopic (exact) mass is 1330 g/mol. The van der Waals surface area contributed by atoms with E-state index in [2.05, 4.69) is 64.1 Å². The van der Waals surface area contributed by atoms with Crippen LogP contribution in [-0.2, 0) is 32.4 Å². The van der Waals surface area contributed by atoms with Crippen molar-refractivity contribution in [3.8, 4) is 0 Å². The van der Waals surface area contributed by atoms with Crippen LogP contribution >= 0.6 is 15.6 Å². The van der Waals surface area contributed by atoms with E-state index in [9.17, 15) is 69.6 Å². The van der Waals surface area contributed by atoms with Gasteiger partial charge < -0.3 is 136 Å². The van der Waals surface area contributed by atoms with Crippen molar-refractivity contribution in [1.29, 1.82) is 0 Å². The second-order valence-electron chi connectivity index (χ2n) is 18.2. The molecule has 0 amide bonds. The maximum atomic E-state index is 9.95. The first kappa shape index (κ1) is 78.5. The van der Waals surface area contributed by atoms with Gasteiger partial charge in [-0.3, -0.25) is 18.3 Å². The molecule has 43 nitrogen and oxygen atoms in total. The Morgan fingerprint density at radius 2 is 0.562 bits per heavy atom. The number of nitrogen functional groups attached to an aromatic ring is 4. The fourth-order valence-electron chi connectivity index (χ4n) is 8.79. The van der Waals surface area contributed by atoms with Crippen LogP contribution in [-0.4, -0.2) is 239 Å². The zero-order valence-corrected chi connectivity index (χ0v) is 56.7. The smallest absolute Gasteiger partial charge is 0.790 e. The van der Waals surface area contributed by atoms with Crippen LogP contribution in [0.4, 0.5) is 23.3 Å². The number of aliphatic hydroxyl groups is 12. The van der Waals surface area contributed by atoms with Gasteiger partial charge in [-0.05, 0) is 0 Å². The maximum Gasteiger partial charge on any atom is 1.00 e. The number of imidazole rings is 4. The van der Waals surface area contributed by atoms with Gasteiger partial charge in [0.05, 0.1) is 67.4 Å². The number of aliphatic hydroxyl groups excluding tert-OH is 12. The topological polar surface area (TPSA) is 694 Å². The fourth-order valence-corrected chi connectivity index (χ4v) is 9.77. The number of ether oxygens (including phenoxy) is 4. The van der Waals surface area contributed by atoms with Crippen LogP contribution in [0.1, 0.15) is 24.9 Å². The molecule has 0 aromatic carbocycles. The molecule has 0 aliphatic carbocycles. The van der Waals surface area contributed by atoms with E-state index < -0.39 is 140 Å². The van der Waals surface area contributed by atoms with Crippen LogP contribution in [0.25, 0.3) is 44.7 Å². The Hall–Kier alpha value is -2.98. The van der Waals surface area contributed by atoms with Gasteiger partial charge in [0.2, 0.25) is 0 Å². The molecule has 8 aromatic rings. The van der Waals surface area contributed by atoms with Gasteiger partial charge >= 0.3 is 118 Å². The fraction of sp³-hybridized carbons (Fsp3) is 0.500. The minimum atomic E-state index is -5.68. The second-order valence-corrected chi connectivity index (χ2v) is 20.7. The van der Waals surface area contributed by atoms with Crippen LogP contribution in [0.15, 0.2) is 50.6 Å². The summed E-state index contributed by atoms with van der Waals surface area (Å²) in [6.45, 7) is -1.56. The van der Waals surface area contributed by atoms with Crippen LogP contribution < -0.4 is 161 Å². The third-order valence-electron chi connectivity index (χ3n) is 12.9. The molecule has 464 valence electrons. The van der Waals surface area contributed by atoms with E-state index in [1.807, 2.05) is 0 Å². The van der Waals surface area contributed by atoms with Crippen LogP contribution in [0.3, 0.4) is 0 Å². The number of nitrogens with zero attached hydrogens (tertiary/aromatic N) is 16. The molecule has 4 aliphatic heterocycles. The molecule has 0 bridgehead atoms. The molecule has 89 heavy (non-hydrogen) atoms. The Labute approximate surface area is 585 Å². The summed E-state index contributed by atoms with van der Waals surface area (Å²) in [5.41, 5.74) is 25.8. The molecular weight excluding hydrogens is 1280 g/mol. The summed E-state index contributed by atoms with van der Waals surface area (Å²) in [7, 11) is -11.4. The predicted molar refractivity (Wildman–Crippen MR) is 267 cm³/mol. The zero-order valence-electron chi connectivity index (χ0n) is 46.9. The van der Waals surface area contributed by atoms with Crippen molar-refractivity contribution in [3.63, 3.8) is 0 Å².